The predicted octanol–water partition coefficient (Wildman–Crippen LogP) is 2.47. The smallest absolute Gasteiger partial charge is 0.119 e. The van der Waals surface area contributed by atoms with Gasteiger partial charge in [0.05, 0.1) is 0 Å². The lowest BCUT2D eigenvalue weighted by molar-refractivity contribution is 0.129. The Kier molecular flexibility index (Phi) is 5.67. The quantitative estimate of drug-likeness (QED) is 0.856. The summed E-state index contributed by atoms with van der Waals surface area (Å²) in [4.78, 5) is 2.46. The Morgan fingerprint density at radius 2 is 2.32 bits per heavy atom. The summed E-state index contributed by atoms with van der Waals surface area (Å²) in [7, 11) is 0. The van der Waals surface area contributed by atoms with E-state index in [-0.39, 0.29) is 0 Å². The topological polar surface area (TPSA) is 32.7 Å². The van der Waals surface area contributed by atoms with E-state index in [4.69, 9.17) is 9.84 Å². The second-order valence-corrected chi connectivity index (χ2v) is 5.49. The molecule has 19 heavy (non-hydrogen) atoms. The summed E-state index contributed by atoms with van der Waals surface area (Å²) in [6, 6.07) is 8.20. The molecule has 1 atom stereocenters. The molecule has 0 aliphatic carbocycles. The van der Waals surface area contributed by atoms with E-state index < -0.39 is 0 Å². The van der Waals surface area contributed by atoms with Gasteiger partial charge in [-0.15, -0.1) is 0 Å². The van der Waals surface area contributed by atoms with E-state index in [1.807, 2.05) is 12.1 Å². The molecule has 1 aliphatic heterocycles. The van der Waals surface area contributed by atoms with Crippen LogP contribution >= 0.6 is 0 Å². The molecular formula is C16H25NO2. The maximum Gasteiger partial charge on any atom is 0.119 e. The fourth-order valence-electron chi connectivity index (χ4n) is 2.77. The van der Waals surface area contributed by atoms with Crippen molar-refractivity contribution in [2.24, 2.45) is 5.92 Å². The summed E-state index contributed by atoms with van der Waals surface area (Å²) < 4.78 is 5.79. The zero-order valence-corrected chi connectivity index (χ0v) is 11.8. The van der Waals surface area contributed by atoms with Gasteiger partial charge in [-0.3, -0.25) is 4.90 Å². The molecule has 1 aromatic rings. The molecule has 1 aliphatic rings. The maximum atomic E-state index is 9.01. The monoisotopic (exact) mass is 263 g/mol. The largest absolute Gasteiger partial charge is 0.492 e. The van der Waals surface area contributed by atoms with Crippen molar-refractivity contribution in [3.05, 3.63) is 29.8 Å². The second kappa shape index (κ2) is 7.51. The first-order valence-electron chi connectivity index (χ1n) is 7.30. The van der Waals surface area contributed by atoms with E-state index in [1.54, 1.807) is 0 Å². The third-order valence-corrected chi connectivity index (χ3v) is 3.81. The average Bonchev–Trinajstić information content (AvgIpc) is 2.40. The van der Waals surface area contributed by atoms with Gasteiger partial charge in [0.25, 0.3) is 0 Å². The first-order valence-corrected chi connectivity index (χ1v) is 7.30. The molecule has 1 fully saturated rings. The molecule has 0 radical (unpaired) electrons. The highest BCUT2D eigenvalue weighted by atomic mass is 16.5. The van der Waals surface area contributed by atoms with Gasteiger partial charge in [-0.2, -0.15) is 0 Å². The van der Waals surface area contributed by atoms with Gasteiger partial charge in [0.1, 0.15) is 12.4 Å². The van der Waals surface area contributed by atoms with Crippen LogP contribution in [0.15, 0.2) is 24.3 Å². The van der Waals surface area contributed by atoms with Gasteiger partial charge < -0.3 is 9.84 Å². The van der Waals surface area contributed by atoms with Crippen LogP contribution in [0.5, 0.6) is 5.75 Å². The first kappa shape index (κ1) is 14.4. The molecule has 1 aromatic carbocycles. The highest BCUT2D eigenvalue weighted by Crippen LogP contribution is 2.19. The summed E-state index contributed by atoms with van der Waals surface area (Å²) in [5.74, 6) is 1.63. The Morgan fingerprint density at radius 1 is 1.42 bits per heavy atom. The number of hydrogen-bond donors (Lipinski definition) is 1. The molecule has 0 aromatic heterocycles. The molecule has 1 N–H and O–H groups in total. The standard InChI is InChI=1S/C16H25NO2/c1-14-4-2-6-16(12-14)19-11-9-17-8-3-5-15(13-17)7-10-18/h2,4,6,12,15,18H,3,5,7-11,13H2,1H3. The summed E-state index contributed by atoms with van der Waals surface area (Å²) in [6.45, 7) is 6.40. The average molecular weight is 263 g/mol. The molecule has 0 amide bonds. The number of aliphatic hydroxyl groups is 1. The Labute approximate surface area is 116 Å². The molecule has 1 unspecified atom stereocenters. The fourth-order valence-corrected chi connectivity index (χ4v) is 2.77. The zero-order chi connectivity index (χ0) is 13.5. The van der Waals surface area contributed by atoms with E-state index in [0.29, 0.717) is 12.5 Å². The van der Waals surface area contributed by atoms with Crippen molar-refractivity contribution in [3.8, 4) is 5.75 Å². The van der Waals surface area contributed by atoms with Crippen LogP contribution in [-0.2, 0) is 0 Å². The highest BCUT2D eigenvalue weighted by molar-refractivity contribution is 5.27. The molecule has 1 heterocycles. The Balaban J connectivity index is 1.70. The maximum absolute atomic E-state index is 9.01. The van der Waals surface area contributed by atoms with Gasteiger partial charge in [-0.1, -0.05) is 12.1 Å². The number of ether oxygens (including phenoxy) is 1. The Hall–Kier alpha value is -1.06. The third-order valence-electron chi connectivity index (χ3n) is 3.81. The molecule has 0 bridgehead atoms. The van der Waals surface area contributed by atoms with Gasteiger partial charge in [-0.05, 0) is 56.3 Å². The minimum absolute atomic E-state index is 0.318. The van der Waals surface area contributed by atoms with E-state index in [0.717, 1.165) is 31.9 Å². The van der Waals surface area contributed by atoms with Crippen LogP contribution in [0, 0.1) is 12.8 Å². The third kappa shape index (κ3) is 4.84. The summed E-state index contributed by atoms with van der Waals surface area (Å²) in [5, 5.41) is 9.01. The number of benzene rings is 1. The molecule has 0 spiro atoms. The lowest BCUT2D eigenvalue weighted by Gasteiger charge is -2.32. The molecule has 1 saturated heterocycles. The number of rotatable bonds is 6. The van der Waals surface area contributed by atoms with Crippen molar-refractivity contribution in [1.29, 1.82) is 0 Å². The van der Waals surface area contributed by atoms with Gasteiger partial charge >= 0.3 is 0 Å². The van der Waals surface area contributed by atoms with E-state index in [2.05, 4.69) is 24.0 Å². The van der Waals surface area contributed by atoms with Crippen molar-refractivity contribution >= 4 is 0 Å². The van der Waals surface area contributed by atoms with Crippen LogP contribution in [-0.4, -0.2) is 42.9 Å². The lowest BCUT2D eigenvalue weighted by Crippen LogP contribution is -2.38. The van der Waals surface area contributed by atoms with E-state index >= 15 is 0 Å². The number of aliphatic hydroxyl groups excluding tert-OH is 1. The van der Waals surface area contributed by atoms with E-state index in [9.17, 15) is 0 Å². The van der Waals surface area contributed by atoms with Crippen LogP contribution in [0.2, 0.25) is 0 Å². The molecule has 2 rings (SSSR count). The molecule has 3 heteroatoms. The molecule has 3 nitrogen and oxygen atoms in total. The minimum atomic E-state index is 0.318. The second-order valence-electron chi connectivity index (χ2n) is 5.49. The summed E-state index contributed by atoms with van der Waals surface area (Å²) >= 11 is 0. The van der Waals surface area contributed by atoms with Gasteiger partial charge in [0.15, 0.2) is 0 Å². The highest BCUT2D eigenvalue weighted by Gasteiger charge is 2.18. The normalized spacial score (nSPS) is 20.4. The Bertz CT molecular complexity index is 379. The summed E-state index contributed by atoms with van der Waals surface area (Å²) in [6.07, 6.45) is 3.44. The number of nitrogens with zero attached hydrogens (tertiary/aromatic N) is 1. The van der Waals surface area contributed by atoms with Crippen LogP contribution in [0.4, 0.5) is 0 Å². The molecule has 106 valence electrons. The summed E-state index contributed by atoms with van der Waals surface area (Å²) in [5.41, 5.74) is 1.23. The van der Waals surface area contributed by atoms with Crippen molar-refractivity contribution in [1.82, 2.24) is 4.90 Å². The fraction of sp³-hybridized carbons (Fsp3) is 0.625. The van der Waals surface area contributed by atoms with Crippen LogP contribution < -0.4 is 4.74 Å². The molecular weight excluding hydrogens is 238 g/mol. The van der Waals surface area contributed by atoms with Crippen LogP contribution in [0.1, 0.15) is 24.8 Å². The van der Waals surface area contributed by atoms with Crippen LogP contribution in [0.25, 0.3) is 0 Å². The van der Waals surface area contributed by atoms with Crippen LogP contribution in [0.3, 0.4) is 0 Å². The lowest BCUT2D eigenvalue weighted by atomic mass is 9.95. The van der Waals surface area contributed by atoms with Gasteiger partial charge in [-0.25, -0.2) is 0 Å². The van der Waals surface area contributed by atoms with Crippen molar-refractivity contribution in [2.75, 3.05) is 32.8 Å². The SMILES string of the molecule is Cc1cccc(OCCN2CCCC(CCO)C2)c1. The van der Waals surface area contributed by atoms with Crippen molar-refractivity contribution < 1.29 is 9.84 Å². The van der Waals surface area contributed by atoms with Crippen molar-refractivity contribution in [2.45, 2.75) is 26.2 Å². The Morgan fingerprint density at radius 3 is 3.11 bits per heavy atom. The first-order chi connectivity index (χ1) is 9.28. The molecule has 0 saturated carbocycles. The zero-order valence-electron chi connectivity index (χ0n) is 11.8. The number of piperidine rings is 1. The number of aryl methyl sites for hydroxylation is 1. The van der Waals surface area contributed by atoms with Gasteiger partial charge in [0, 0.05) is 19.7 Å². The van der Waals surface area contributed by atoms with Gasteiger partial charge in [0.2, 0.25) is 0 Å². The number of likely N-dealkylation sites (tertiary alicyclic amines) is 1. The predicted molar refractivity (Wildman–Crippen MR) is 77.5 cm³/mol. The van der Waals surface area contributed by atoms with E-state index in [1.165, 1.54) is 24.9 Å². The van der Waals surface area contributed by atoms with Crippen molar-refractivity contribution in [3.63, 3.8) is 0 Å². The minimum Gasteiger partial charge on any atom is -0.492 e. The number of hydrogen-bond acceptors (Lipinski definition) is 3.